The summed E-state index contributed by atoms with van der Waals surface area (Å²) in [6, 6.07) is -4.39. The zero-order chi connectivity index (χ0) is 89.4. The van der Waals surface area contributed by atoms with E-state index in [9.17, 15) is 114 Å². The second-order valence-electron chi connectivity index (χ2n) is 32.0. The van der Waals surface area contributed by atoms with Crippen LogP contribution in [0.5, 0.6) is 0 Å². The van der Waals surface area contributed by atoms with Crippen molar-refractivity contribution in [3.8, 4) is 0 Å². The molecule has 0 aromatic carbocycles. The normalized spacial score (nSPS) is 28.1. The SMILES string of the molecule is CPP(=O)(O)OCCCCCCNC(=O)CCCCC(=O)[C@H](CCCCNC(=O)[C@H](CCCCCC(=O)CCCCO[C@@H]1O[C@H](CO)[C@H](O)[C@H](O)[C@H]1NC(C)=O)NC(=O)CCCCO[C@@H]1O[C@H](CO)[C@H](O)[C@H](O)[C@H]1C)NC(=O)[C@H](CCCCNC(=O)CCCCO[C@@H]1O[C@H](CO)[C@H](O)[C@H](O)[C@H]1C)NC(=O)CCCCO[C@@H]1O[C@H](CO)[C@H](O)[C@H](O)[C@H]1C. The summed E-state index contributed by atoms with van der Waals surface area (Å²) in [5, 5.41) is 141. The van der Waals surface area contributed by atoms with E-state index in [1.807, 2.05) is 0 Å². The third-order valence-electron chi connectivity index (χ3n) is 22.1. The minimum absolute atomic E-state index is 0.00660. The third kappa shape index (κ3) is 41.4. The van der Waals surface area contributed by atoms with Gasteiger partial charge in [-0.05, 0) is 143 Å². The lowest BCUT2D eigenvalue weighted by Gasteiger charge is -2.42. The van der Waals surface area contributed by atoms with Gasteiger partial charge in [-0.1, -0.05) is 46.5 Å². The highest BCUT2D eigenvalue weighted by atomic mass is 32.1. The van der Waals surface area contributed by atoms with Gasteiger partial charge in [0.1, 0.15) is 78.8 Å². The highest BCUT2D eigenvalue weighted by molar-refractivity contribution is 8.19. The molecule has 41 heteroatoms. The Kier molecular flexibility index (Phi) is 54.8. The average molecular weight is 1780 g/mol. The summed E-state index contributed by atoms with van der Waals surface area (Å²) in [4.78, 5) is 131. The first-order valence-corrected chi connectivity index (χ1v) is 47.4. The fraction of sp³-hybridized carbons (Fsp3) is 0.887. The van der Waals surface area contributed by atoms with Gasteiger partial charge in [-0.15, -0.1) is 0 Å². The molecule has 0 saturated carbocycles. The fourth-order valence-electron chi connectivity index (χ4n) is 14.4. The fourth-order valence-corrected chi connectivity index (χ4v) is 15.5. The molecule has 7 amide bonds. The van der Waals surface area contributed by atoms with Crippen molar-refractivity contribution >= 4 is 68.5 Å². The lowest BCUT2D eigenvalue weighted by molar-refractivity contribution is -0.282. The van der Waals surface area contributed by atoms with Gasteiger partial charge in [0, 0.05) is 116 Å². The van der Waals surface area contributed by atoms with Gasteiger partial charge in [0.15, 0.2) is 30.9 Å². The first-order chi connectivity index (χ1) is 57.8. The predicted molar refractivity (Wildman–Crippen MR) is 438 cm³/mol. The lowest BCUT2D eigenvalue weighted by atomic mass is 9.92. The maximum atomic E-state index is 14.6. The zero-order valence-corrected chi connectivity index (χ0v) is 73.1. The number of aliphatic hydroxyl groups is 12. The molecule has 4 rings (SSSR count). The van der Waals surface area contributed by atoms with Crippen molar-refractivity contribution < 1.29 is 156 Å². The van der Waals surface area contributed by atoms with Crippen LogP contribution in [0.25, 0.3) is 0 Å². The van der Waals surface area contributed by atoms with Crippen LogP contribution in [0, 0.1) is 17.8 Å². The van der Waals surface area contributed by atoms with Gasteiger partial charge in [-0.2, -0.15) is 0 Å². The Morgan fingerprint density at radius 1 is 0.372 bits per heavy atom. The van der Waals surface area contributed by atoms with Crippen LogP contribution in [0.1, 0.15) is 227 Å². The second kappa shape index (κ2) is 61.0. The molecule has 20 N–H and O–H groups in total. The van der Waals surface area contributed by atoms with Crippen molar-refractivity contribution in [2.24, 2.45) is 17.8 Å². The molecule has 2 unspecified atom stereocenters. The summed E-state index contributed by atoms with van der Waals surface area (Å²) in [6.45, 7) is 6.78. The number of ether oxygens (including phenoxy) is 8. The molecule has 39 nitrogen and oxygen atoms in total. The Bertz CT molecular complexity index is 3030. The van der Waals surface area contributed by atoms with Crippen LogP contribution in [0.2, 0.25) is 0 Å². The summed E-state index contributed by atoms with van der Waals surface area (Å²) >= 11 is 0. The zero-order valence-electron chi connectivity index (χ0n) is 71.2. The predicted octanol–water partition coefficient (Wildman–Crippen LogP) is -0.319. The quantitative estimate of drug-likeness (QED) is 0.0274. The van der Waals surface area contributed by atoms with Crippen molar-refractivity contribution in [1.29, 1.82) is 0 Å². The van der Waals surface area contributed by atoms with Crippen molar-refractivity contribution in [1.82, 2.24) is 37.2 Å². The summed E-state index contributed by atoms with van der Waals surface area (Å²) in [7, 11) is -3.77. The van der Waals surface area contributed by atoms with Crippen LogP contribution in [0.3, 0.4) is 0 Å². The topological polar surface area (TPSA) is 601 Å². The number of hydrogen-bond acceptors (Lipinski definition) is 31. The van der Waals surface area contributed by atoms with Gasteiger partial charge in [0.25, 0.3) is 0 Å². The van der Waals surface area contributed by atoms with Gasteiger partial charge in [-0.25, -0.2) is 0 Å². The number of rotatable bonds is 65. The molecule has 0 radical (unpaired) electrons. The molecule has 0 aromatic rings. The Morgan fingerprint density at radius 3 is 1.14 bits per heavy atom. The number of aliphatic hydroxyl groups excluding tert-OH is 12. The number of hydrogen-bond donors (Lipinski definition) is 20. The molecular formula is C80H145N7O32P2. The molecule has 4 fully saturated rings. The molecule has 4 aliphatic heterocycles. The third-order valence-corrected chi connectivity index (χ3v) is 25.3. The first-order valence-electron chi connectivity index (χ1n) is 43.5. The molecule has 0 spiro atoms. The summed E-state index contributed by atoms with van der Waals surface area (Å²) in [5.74, 6) is -5.31. The summed E-state index contributed by atoms with van der Waals surface area (Å²) < 4.78 is 62.6. The number of carbonyl (C=O) groups excluding carboxylic acids is 9. The van der Waals surface area contributed by atoms with Gasteiger partial charge in [-0.3, -0.25) is 47.7 Å². The molecule has 4 saturated heterocycles. The van der Waals surface area contributed by atoms with Crippen LogP contribution in [0.15, 0.2) is 0 Å². The minimum atomic E-state index is -3.55. The van der Waals surface area contributed by atoms with Gasteiger partial charge in [0.2, 0.25) is 41.4 Å². The smallest absolute Gasteiger partial charge is 0.343 e. The standard InChI is InChI=1S/C80H145N7O32P2/c1-49-67(99)70(102)58(45-88)116-77(49)111-40-24-16-34-63(96)82-38-20-14-31-56(86-65(98)36-18-26-42-113-79-51(3)69(101)72(104)60(47-90)118-79)76(108)87-54(57(94)32-11-12-33-62(95)81-37-19-6-7-22-44-115-121(109,110)120-5)29-13-21-39-83-75(107)55(85-64(97)35-17-25-41-112-78-50(2)68(100)71(103)59(46-89)117-78)30-10-8-9-27-53(93)28-15-23-43-114-80-66(84-52(4)92)74(106)73(105)61(48-91)119-80/h49-51,54-56,58-61,66-74,77-80,88-91,99-106,120H,6-48H2,1-5H3,(H,81,95)(H,82,96)(H,83,107)(H,84,92)(H,85,97)(H,86,98)(H,87,108)(H,109,110)/t49-,50-,51-,54+,55+,56+,58-,59-,60-,61-,66-,67-,68-,69-,70+,71+,72+,73+,74-,77-,78-,79-,80-/m1/s1. The van der Waals surface area contributed by atoms with Gasteiger partial charge >= 0.3 is 7.28 Å². The lowest BCUT2D eigenvalue weighted by Crippen LogP contribution is -2.64. The average Bonchev–Trinajstić information content (AvgIpc) is 0.827. The van der Waals surface area contributed by atoms with Crippen LogP contribution in [-0.4, -0.2) is 327 Å². The number of amides is 7. The summed E-state index contributed by atoms with van der Waals surface area (Å²) in [6.07, 6.45) is -8.71. The Hall–Kier alpha value is -4.59. The molecule has 25 atom stereocenters. The van der Waals surface area contributed by atoms with Crippen molar-refractivity contribution in [3.05, 3.63) is 0 Å². The largest absolute Gasteiger partial charge is 0.394 e. The summed E-state index contributed by atoms with van der Waals surface area (Å²) in [5.41, 5.74) is 0. The second-order valence-corrected chi connectivity index (χ2v) is 36.8. The maximum Gasteiger partial charge on any atom is 0.343 e. The van der Waals surface area contributed by atoms with Crippen LogP contribution in [-0.2, 0) is 90.1 Å². The Morgan fingerprint density at radius 2 is 0.702 bits per heavy atom. The molecule has 0 bridgehead atoms. The van der Waals surface area contributed by atoms with E-state index in [0.717, 1.165) is 12.8 Å². The Labute approximate surface area is 711 Å². The molecule has 0 aliphatic carbocycles. The van der Waals surface area contributed by atoms with Crippen molar-refractivity contribution in [3.63, 3.8) is 0 Å². The molecular weight excluding hydrogens is 1630 g/mol. The Balaban J connectivity index is 1.42. The van der Waals surface area contributed by atoms with E-state index in [1.165, 1.54) is 6.92 Å². The molecule has 121 heavy (non-hydrogen) atoms. The molecule has 4 aliphatic rings. The van der Waals surface area contributed by atoms with Crippen LogP contribution >= 0.6 is 15.6 Å². The van der Waals surface area contributed by atoms with E-state index < -0.39 is 204 Å². The number of unbranched alkanes of at least 4 members (excludes halogenated alkanes) is 12. The highest BCUT2D eigenvalue weighted by Gasteiger charge is 2.47. The van der Waals surface area contributed by atoms with E-state index in [1.54, 1.807) is 27.4 Å². The molecule has 4 heterocycles. The monoisotopic (exact) mass is 1780 g/mol. The maximum absolute atomic E-state index is 14.6. The number of carbonyl (C=O) groups is 9. The molecule has 0 aromatic heterocycles. The van der Waals surface area contributed by atoms with Crippen molar-refractivity contribution in [2.75, 3.05) is 85.8 Å². The van der Waals surface area contributed by atoms with Crippen LogP contribution < -0.4 is 37.2 Å². The number of ketones is 2. The minimum Gasteiger partial charge on any atom is -0.394 e. The van der Waals surface area contributed by atoms with Crippen LogP contribution in [0.4, 0.5) is 0 Å². The number of Topliss-reactive ketones (excluding diaryl/α,β-unsaturated/α-hetero) is 2. The van der Waals surface area contributed by atoms with Gasteiger partial charge < -0.3 is 146 Å². The first kappa shape index (κ1) is 109. The van der Waals surface area contributed by atoms with E-state index in [2.05, 4.69) is 37.2 Å². The van der Waals surface area contributed by atoms with Crippen molar-refractivity contribution in [2.45, 2.75) is 349 Å². The van der Waals surface area contributed by atoms with E-state index in [4.69, 9.17) is 42.4 Å². The van der Waals surface area contributed by atoms with E-state index >= 15 is 0 Å². The molecule has 702 valence electrons. The van der Waals surface area contributed by atoms with E-state index in [-0.39, 0.29) is 168 Å². The number of nitrogens with one attached hydrogen (secondary N) is 7. The van der Waals surface area contributed by atoms with Gasteiger partial charge in [0.05, 0.1) is 57.4 Å². The van der Waals surface area contributed by atoms with E-state index in [0.29, 0.717) is 103 Å². The highest BCUT2D eigenvalue weighted by Crippen LogP contribution is 2.59.